The number of rotatable bonds is 2. The van der Waals surface area contributed by atoms with Crippen LogP contribution in [0.15, 0.2) is 12.1 Å². The predicted octanol–water partition coefficient (Wildman–Crippen LogP) is 2.19. The molecule has 0 aliphatic heterocycles. The number of benzene rings is 1. The van der Waals surface area contributed by atoms with Gasteiger partial charge in [-0.3, -0.25) is 0 Å². The van der Waals surface area contributed by atoms with Crippen LogP contribution in [-0.4, -0.2) is 6.54 Å². The number of hydrogen-bond donors (Lipinski definition) is 1. The maximum atomic E-state index is 13.0. The molecule has 1 aromatic rings. The molecule has 0 aromatic heterocycles. The molecule has 1 rings (SSSR count). The fourth-order valence-electron chi connectivity index (χ4n) is 0.967. The highest BCUT2D eigenvalue weighted by atomic mass is 19.2. The second-order valence-electron chi connectivity index (χ2n) is 2.94. The van der Waals surface area contributed by atoms with Crippen LogP contribution in [0.4, 0.5) is 13.2 Å². The molecular weight excluding hydrogens is 203 g/mol. The van der Waals surface area contributed by atoms with E-state index in [1.54, 1.807) is 0 Å². The standard InChI is InChI=1S/C11H10F3N/c12-9-7-11(14)10(13)6-8(9)4-2-1-3-5-15/h6-7H,1,3,5,15H2. The van der Waals surface area contributed by atoms with Gasteiger partial charge in [-0.15, -0.1) is 0 Å². The van der Waals surface area contributed by atoms with Crippen LogP contribution in [-0.2, 0) is 0 Å². The Morgan fingerprint density at radius 2 is 1.73 bits per heavy atom. The number of nitrogens with two attached hydrogens (primary N) is 1. The lowest BCUT2D eigenvalue weighted by Gasteiger charge is -1.96. The molecular formula is C11H10F3N. The molecule has 0 bridgehead atoms. The van der Waals surface area contributed by atoms with E-state index in [0.717, 1.165) is 6.07 Å². The SMILES string of the molecule is NCCCC#Cc1cc(F)c(F)cc1F. The molecule has 0 saturated carbocycles. The van der Waals surface area contributed by atoms with Gasteiger partial charge in [0.05, 0.1) is 5.56 Å². The molecule has 0 aliphatic carbocycles. The summed E-state index contributed by atoms with van der Waals surface area (Å²) in [5, 5.41) is 0. The predicted molar refractivity (Wildman–Crippen MR) is 51.5 cm³/mol. The molecule has 0 heterocycles. The minimum absolute atomic E-state index is 0.133. The van der Waals surface area contributed by atoms with Crippen LogP contribution >= 0.6 is 0 Å². The Bertz CT molecular complexity index is 404. The first-order valence-electron chi connectivity index (χ1n) is 4.48. The van der Waals surface area contributed by atoms with Gasteiger partial charge in [0.1, 0.15) is 5.82 Å². The fraction of sp³-hybridized carbons (Fsp3) is 0.273. The largest absolute Gasteiger partial charge is 0.330 e. The highest BCUT2D eigenvalue weighted by Gasteiger charge is 2.07. The monoisotopic (exact) mass is 213 g/mol. The van der Waals surface area contributed by atoms with E-state index < -0.39 is 17.5 Å². The summed E-state index contributed by atoms with van der Waals surface area (Å²) < 4.78 is 38.2. The summed E-state index contributed by atoms with van der Waals surface area (Å²) >= 11 is 0. The molecule has 2 N–H and O–H groups in total. The second kappa shape index (κ2) is 5.42. The summed E-state index contributed by atoms with van der Waals surface area (Å²) in [7, 11) is 0. The Hall–Kier alpha value is -1.47. The van der Waals surface area contributed by atoms with E-state index in [0.29, 0.717) is 25.5 Å². The topological polar surface area (TPSA) is 26.0 Å². The van der Waals surface area contributed by atoms with Gasteiger partial charge in [-0.2, -0.15) is 0 Å². The average molecular weight is 213 g/mol. The van der Waals surface area contributed by atoms with Crippen molar-refractivity contribution in [1.29, 1.82) is 0 Å². The molecule has 0 saturated heterocycles. The van der Waals surface area contributed by atoms with Crippen LogP contribution in [0.3, 0.4) is 0 Å². The zero-order valence-corrected chi connectivity index (χ0v) is 7.99. The van der Waals surface area contributed by atoms with Gasteiger partial charge in [0.15, 0.2) is 11.6 Å². The van der Waals surface area contributed by atoms with Gasteiger partial charge >= 0.3 is 0 Å². The van der Waals surface area contributed by atoms with E-state index in [1.165, 1.54) is 0 Å². The van der Waals surface area contributed by atoms with Gasteiger partial charge in [0.25, 0.3) is 0 Å². The molecule has 0 radical (unpaired) electrons. The molecule has 0 spiro atoms. The quantitative estimate of drug-likeness (QED) is 0.455. The van der Waals surface area contributed by atoms with Crippen LogP contribution in [0.25, 0.3) is 0 Å². The van der Waals surface area contributed by atoms with E-state index in [4.69, 9.17) is 5.73 Å². The van der Waals surface area contributed by atoms with Crippen molar-refractivity contribution in [1.82, 2.24) is 0 Å². The smallest absolute Gasteiger partial charge is 0.161 e. The fourth-order valence-corrected chi connectivity index (χ4v) is 0.967. The van der Waals surface area contributed by atoms with Gasteiger partial charge < -0.3 is 5.73 Å². The minimum atomic E-state index is -1.21. The Morgan fingerprint density at radius 1 is 1.07 bits per heavy atom. The van der Waals surface area contributed by atoms with Crippen LogP contribution in [0.1, 0.15) is 18.4 Å². The molecule has 4 heteroatoms. The summed E-state index contributed by atoms with van der Waals surface area (Å²) in [6.45, 7) is 0.495. The first kappa shape index (κ1) is 11.6. The van der Waals surface area contributed by atoms with Gasteiger partial charge in [-0.05, 0) is 19.0 Å². The second-order valence-corrected chi connectivity index (χ2v) is 2.94. The van der Waals surface area contributed by atoms with Crippen LogP contribution in [0.5, 0.6) is 0 Å². The Labute approximate surface area is 86.1 Å². The van der Waals surface area contributed by atoms with Crippen LogP contribution in [0, 0.1) is 29.3 Å². The Balaban J connectivity index is 2.84. The van der Waals surface area contributed by atoms with Crippen molar-refractivity contribution in [2.24, 2.45) is 5.73 Å². The molecule has 0 unspecified atom stereocenters. The average Bonchev–Trinajstić information content (AvgIpc) is 2.20. The maximum Gasteiger partial charge on any atom is 0.161 e. The minimum Gasteiger partial charge on any atom is -0.330 e. The zero-order valence-electron chi connectivity index (χ0n) is 7.99. The van der Waals surface area contributed by atoms with E-state index >= 15 is 0 Å². The lowest BCUT2D eigenvalue weighted by Crippen LogP contribution is -1.96. The third-order valence-corrected chi connectivity index (χ3v) is 1.74. The first-order valence-corrected chi connectivity index (χ1v) is 4.48. The molecule has 80 valence electrons. The number of halogens is 3. The lowest BCUT2D eigenvalue weighted by atomic mass is 10.2. The molecule has 1 nitrogen and oxygen atoms in total. The van der Waals surface area contributed by atoms with Gasteiger partial charge in [0, 0.05) is 12.5 Å². The van der Waals surface area contributed by atoms with E-state index in [2.05, 4.69) is 11.8 Å². The van der Waals surface area contributed by atoms with E-state index in [-0.39, 0.29) is 5.56 Å². The Kier molecular flexibility index (Phi) is 4.19. The molecule has 1 aromatic carbocycles. The van der Waals surface area contributed by atoms with Gasteiger partial charge in [-0.1, -0.05) is 11.8 Å². The van der Waals surface area contributed by atoms with Crippen molar-refractivity contribution >= 4 is 0 Å². The lowest BCUT2D eigenvalue weighted by molar-refractivity contribution is 0.494. The Morgan fingerprint density at radius 3 is 2.40 bits per heavy atom. The highest BCUT2D eigenvalue weighted by molar-refractivity contribution is 5.36. The van der Waals surface area contributed by atoms with Crippen molar-refractivity contribution in [3.63, 3.8) is 0 Å². The molecule has 0 fully saturated rings. The molecule has 15 heavy (non-hydrogen) atoms. The summed E-state index contributed by atoms with van der Waals surface area (Å²) in [6, 6.07) is 1.24. The van der Waals surface area contributed by atoms with Crippen LogP contribution < -0.4 is 5.73 Å². The molecule has 0 atom stereocenters. The van der Waals surface area contributed by atoms with E-state index in [1.807, 2.05) is 0 Å². The highest BCUT2D eigenvalue weighted by Crippen LogP contribution is 2.12. The number of unbranched alkanes of at least 4 members (excludes halogenated alkanes) is 1. The van der Waals surface area contributed by atoms with Crippen molar-refractivity contribution in [3.05, 3.63) is 35.1 Å². The van der Waals surface area contributed by atoms with Crippen molar-refractivity contribution in [3.8, 4) is 11.8 Å². The van der Waals surface area contributed by atoms with Crippen molar-refractivity contribution in [2.75, 3.05) is 6.54 Å². The summed E-state index contributed by atoms with van der Waals surface area (Å²) in [6.07, 6.45) is 1.20. The molecule has 0 aliphatic rings. The maximum absolute atomic E-state index is 13.0. The third kappa shape index (κ3) is 3.30. The third-order valence-electron chi connectivity index (χ3n) is 1.74. The van der Waals surface area contributed by atoms with Crippen LogP contribution in [0.2, 0.25) is 0 Å². The summed E-state index contributed by atoms with van der Waals surface area (Å²) in [5.74, 6) is 1.90. The van der Waals surface area contributed by atoms with Crippen molar-refractivity contribution < 1.29 is 13.2 Å². The van der Waals surface area contributed by atoms with Crippen molar-refractivity contribution in [2.45, 2.75) is 12.8 Å². The summed E-state index contributed by atoms with van der Waals surface area (Å²) in [4.78, 5) is 0. The molecule has 0 amide bonds. The van der Waals surface area contributed by atoms with E-state index in [9.17, 15) is 13.2 Å². The normalized spacial score (nSPS) is 9.60. The number of hydrogen-bond acceptors (Lipinski definition) is 1. The summed E-state index contributed by atoms with van der Waals surface area (Å²) in [5.41, 5.74) is 5.10. The van der Waals surface area contributed by atoms with Gasteiger partial charge in [0.2, 0.25) is 0 Å². The zero-order chi connectivity index (χ0) is 11.3. The van der Waals surface area contributed by atoms with Gasteiger partial charge in [-0.25, -0.2) is 13.2 Å². The first-order chi connectivity index (χ1) is 7.15.